The van der Waals surface area contributed by atoms with Gasteiger partial charge < -0.3 is 4.57 Å². The molecule has 0 fully saturated rings. The van der Waals surface area contributed by atoms with Crippen molar-refractivity contribution in [1.29, 1.82) is 0 Å². The van der Waals surface area contributed by atoms with E-state index in [1.165, 1.54) is 16.5 Å². The van der Waals surface area contributed by atoms with E-state index < -0.39 is 0 Å². The van der Waals surface area contributed by atoms with Crippen molar-refractivity contribution in [3.05, 3.63) is 54.5 Å². The predicted octanol–water partition coefficient (Wildman–Crippen LogP) is 2.85. The van der Waals surface area contributed by atoms with Crippen molar-refractivity contribution in [1.82, 2.24) is 14.3 Å². The van der Waals surface area contributed by atoms with Crippen molar-refractivity contribution < 1.29 is 0 Å². The molecule has 86 valence electrons. The van der Waals surface area contributed by atoms with Gasteiger partial charge in [-0.05, 0) is 36.1 Å². The van der Waals surface area contributed by atoms with Crippen LogP contribution in [0.2, 0.25) is 0 Å². The van der Waals surface area contributed by atoms with E-state index in [2.05, 4.69) is 47.1 Å². The Labute approximate surface area is 100 Å². The molecule has 17 heavy (non-hydrogen) atoms. The number of hydrogen-bond donors (Lipinski definition) is 0. The monoisotopic (exact) mass is 225 g/mol. The van der Waals surface area contributed by atoms with Crippen LogP contribution in [0.1, 0.15) is 5.56 Å². The summed E-state index contributed by atoms with van der Waals surface area (Å²) in [5.74, 6) is 0. The molecule has 0 amide bonds. The molecule has 0 atom stereocenters. The van der Waals surface area contributed by atoms with Gasteiger partial charge in [0, 0.05) is 30.7 Å². The first-order valence-electron chi connectivity index (χ1n) is 5.86. The summed E-state index contributed by atoms with van der Waals surface area (Å²) in [6.45, 7) is 3.99. The van der Waals surface area contributed by atoms with Crippen LogP contribution in [-0.4, -0.2) is 14.3 Å². The third-order valence-electron chi connectivity index (χ3n) is 3.06. The van der Waals surface area contributed by atoms with Crippen LogP contribution in [0, 0.1) is 6.92 Å². The fraction of sp³-hybridized carbons (Fsp3) is 0.214. The Morgan fingerprint density at radius 2 is 2.06 bits per heavy atom. The Morgan fingerprint density at radius 3 is 2.88 bits per heavy atom. The number of nitrogens with zero attached hydrogens (tertiary/aromatic N) is 3. The number of aromatic nitrogens is 3. The second-order valence-electron chi connectivity index (χ2n) is 4.34. The minimum Gasteiger partial charge on any atom is -0.346 e. The summed E-state index contributed by atoms with van der Waals surface area (Å²) in [6.07, 6.45) is 5.96. The Balaban J connectivity index is 1.87. The highest BCUT2D eigenvalue weighted by Crippen LogP contribution is 2.17. The normalized spacial score (nSPS) is 11.1. The molecule has 0 bridgehead atoms. The molecular weight excluding hydrogens is 210 g/mol. The van der Waals surface area contributed by atoms with Gasteiger partial charge in [0.1, 0.15) is 0 Å². The van der Waals surface area contributed by atoms with Crippen molar-refractivity contribution >= 4 is 10.9 Å². The fourth-order valence-electron chi connectivity index (χ4n) is 2.13. The summed E-state index contributed by atoms with van der Waals surface area (Å²) in [5, 5.41) is 5.52. The van der Waals surface area contributed by atoms with Crippen LogP contribution >= 0.6 is 0 Å². The van der Waals surface area contributed by atoms with Gasteiger partial charge in [-0.3, -0.25) is 4.68 Å². The first-order chi connectivity index (χ1) is 8.33. The van der Waals surface area contributed by atoms with Crippen molar-refractivity contribution in [2.45, 2.75) is 20.0 Å². The number of fused-ring (bicyclic) bond motifs is 1. The highest BCUT2D eigenvalue weighted by molar-refractivity contribution is 5.80. The molecule has 3 aromatic rings. The van der Waals surface area contributed by atoms with Crippen LogP contribution in [0.4, 0.5) is 0 Å². The molecule has 0 aliphatic carbocycles. The smallest absolute Gasteiger partial charge is 0.0588 e. The van der Waals surface area contributed by atoms with Crippen molar-refractivity contribution in [3.63, 3.8) is 0 Å². The SMILES string of the molecule is Cc1ccc2ccn(CCn3cccn3)c2c1. The molecule has 2 heterocycles. The number of aryl methyl sites for hydroxylation is 3. The first-order valence-corrected chi connectivity index (χ1v) is 5.86. The lowest BCUT2D eigenvalue weighted by Gasteiger charge is -2.06. The van der Waals surface area contributed by atoms with E-state index in [4.69, 9.17) is 0 Å². The zero-order chi connectivity index (χ0) is 11.7. The van der Waals surface area contributed by atoms with Gasteiger partial charge in [0.25, 0.3) is 0 Å². The van der Waals surface area contributed by atoms with E-state index in [0.717, 1.165) is 13.1 Å². The van der Waals surface area contributed by atoms with Crippen LogP contribution in [-0.2, 0) is 13.1 Å². The minimum atomic E-state index is 0.907. The lowest BCUT2D eigenvalue weighted by Crippen LogP contribution is -2.06. The van der Waals surface area contributed by atoms with E-state index in [9.17, 15) is 0 Å². The van der Waals surface area contributed by atoms with E-state index in [0.29, 0.717) is 0 Å². The highest BCUT2D eigenvalue weighted by atomic mass is 15.3. The van der Waals surface area contributed by atoms with E-state index in [-0.39, 0.29) is 0 Å². The molecule has 0 aliphatic heterocycles. The number of benzene rings is 1. The van der Waals surface area contributed by atoms with Gasteiger partial charge in [-0.1, -0.05) is 12.1 Å². The maximum atomic E-state index is 4.22. The summed E-state index contributed by atoms with van der Waals surface area (Å²) in [6, 6.07) is 10.7. The maximum absolute atomic E-state index is 4.22. The summed E-state index contributed by atoms with van der Waals surface area (Å²) in [4.78, 5) is 0. The highest BCUT2D eigenvalue weighted by Gasteiger charge is 2.01. The average molecular weight is 225 g/mol. The first kappa shape index (κ1) is 10.1. The zero-order valence-electron chi connectivity index (χ0n) is 9.87. The lowest BCUT2D eigenvalue weighted by atomic mass is 10.2. The Hall–Kier alpha value is -2.03. The molecule has 3 rings (SSSR count). The predicted molar refractivity (Wildman–Crippen MR) is 68.9 cm³/mol. The van der Waals surface area contributed by atoms with Crippen molar-refractivity contribution in [2.75, 3.05) is 0 Å². The zero-order valence-corrected chi connectivity index (χ0v) is 9.87. The molecule has 3 heteroatoms. The van der Waals surface area contributed by atoms with Gasteiger partial charge in [-0.15, -0.1) is 0 Å². The van der Waals surface area contributed by atoms with E-state index in [1.54, 1.807) is 0 Å². The van der Waals surface area contributed by atoms with Crippen LogP contribution in [0.15, 0.2) is 48.9 Å². The molecule has 1 aromatic carbocycles. The topological polar surface area (TPSA) is 22.8 Å². The van der Waals surface area contributed by atoms with Gasteiger partial charge in [0.05, 0.1) is 6.54 Å². The van der Waals surface area contributed by atoms with Crippen LogP contribution < -0.4 is 0 Å². The fourth-order valence-corrected chi connectivity index (χ4v) is 2.13. The van der Waals surface area contributed by atoms with E-state index in [1.807, 2.05) is 23.1 Å². The Morgan fingerprint density at radius 1 is 1.12 bits per heavy atom. The Kier molecular flexibility index (Phi) is 2.44. The molecule has 2 aromatic heterocycles. The minimum absolute atomic E-state index is 0.907. The van der Waals surface area contributed by atoms with Gasteiger partial charge in [0.15, 0.2) is 0 Å². The van der Waals surface area contributed by atoms with Crippen molar-refractivity contribution in [3.8, 4) is 0 Å². The largest absolute Gasteiger partial charge is 0.346 e. The van der Waals surface area contributed by atoms with Crippen LogP contribution in [0.25, 0.3) is 10.9 Å². The standard InChI is InChI=1S/C14H15N3/c1-12-3-4-13-5-8-16(14(13)11-12)9-10-17-7-2-6-15-17/h2-8,11H,9-10H2,1H3. The molecule has 0 radical (unpaired) electrons. The molecule has 0 saturated carbocycles. The Bertz CT molecular complexity index is 620. The van der Waals surface area contributed by atoms with Crippen molar-refractivity contribution in [2.24, 2.45) is 0 Å². The summed E-state index contributed by atoms with van der Waals surface area (Å²) in [5.41, 5.74) is 2.61. The third-order valence-corrected chi connectivity index (χ3v) is 3.06. The average Bonchev–Trinajstić information content (AvgIpc) is 2.94. The summed E-state index contributed by atoms with van der Waals surface area (Å²) >= 11 is 0. The molecule has 3 nitrogen and oxygen atoms in total. The van der Waals surface area contributed by atoms with Gasteiger partial charge in [-0.25, -0.2) is 0 Å². The molecule has 0 unspecified atom stereocenters. The lowest BCUT2D eigenvalue weighted by molar-refractivity contribution is 0.543. The molecular formula is C14H15N3. The molecule has 0 saturated heterocycles. The maximum Gasteiger partial charge on any atom is 0.0588 e. The summed E-state index contributed by atoms with van der Waals surface area (Å²) < 4.78 is 4.24. The molecule has 0 spiro atoms. The molecule has 0 aliphatic rings. The quantitative estimate of drug-likeness (QED) is 0.672. The van der Waals surface area contributed by atoms with Gasteiger partial charge in [0.2, 0.25) is 0 Å². The second kappa shape index (κ2) is 4.09. The van der Waals surface area contributed by atoms with Crippen LogP contribution in [0.5, 0.6) is 0 Å². The number of rotatable bonds is 3. The van der Waals surface area contributed by atoms with Gasteiger partial charge >= 0.3 is 0 Å². The molecule has 0 N–H and O–H groups in total. The third kappa shape index (κ3) is 1.96. The number of hydrogen-bond acceptors (Lipinski definition) is 1. The van der Waals surface area contributed by atoms with Crippen LogP contribution in [0.3, 0.4) is 0 Å². The van der Waals surface area contributed by atoms with Gasteiger partial charge in [-0.2, -0.15) is 5.10 Å². The summed E-state index contributed by atoms with van der Waals surface area (Å²) in [7, 11) is 0. The second-order valence-corrected chi connectivity index (χ2v) is 4.34. The van der Waals surface area contributed by atoms with E-state index >= 15 is 0 Å².